The number of carbonyl (C=O) groups excluding carboxylic acids is 1. The van der Waals surface area contributed by atoms with E-state index in [1.54, 1.807) is 44.9 Å². The molecule has 0 radical (unpaired) electrons. The van der Waals surface area contributed by atoms with Gasteiger partial charge >= 0.3 is 0 Å². The Morgan fingerprint density at radius 3 is 2.21 bits per heavy atom. The molecule has 0 spiro atoms. The van der Waals surface area contributed by atoms with E-state index in [9.17, 15) is 14.0 Å². The van der Waals surface area contributed by atoms with Crippen LogP contribution in [-0.2, 0) is 17.7 Å². The van der Waals surface area contributed by atoms with Crippen molar-refractivity contribution in [2.45, 2.75) is 32.7 Å². The van der Waals surface area contributed by atoms with Crippen LogP contribution in [0.5, 0.6) is 11.5 Å². The van der Waals surface area contributed by atoms with Gasteiger partial charge in [0.2, 0.25) is 0 Å². The summed E-state index contributed by atoms with van der Waals surface area (Å²) in [5.41, 5.74) is 11.0. The Labute approximate surface area is 278 Å². The SMILES string of the molecule is COc1ccc(-c2cnc(N)c(-c3ccc(CC(=O)c4cn(CC5(C)CCOCC5)cc(-c5ccc(F)cc5)c4=O)cc3)c2)cc1OC. The number of pyridine rings is 2. The molecule has 246 valence electrons. The van der Waals surface area contributed by atoms with Gasteiger partial charge in [-0.1, -0.05) is 49.4 Å². The van der Waals surface area contributed by atoms with Gasteiger partial charge in [-0.25, -0.2) is 9.37 Å². The standard InChI is InChI=1S/C39H38FN3O5/c1-39(14-16-48-17-15-39)24-43-22-32(27-8-11-30(40)12-9-27)37(45)33(23-43)34(44)18-25-4-6-26(7-5-25)31-19-29(21-42-38(31)41)28-10-13-35(46-2)36(20-28)47-3/h4-13,19-23H,14-18,24H2,1-3H3,(H2,41,42). The van der Waals surface area contributed by atoms with E-state index in [2.05, 4.69) is 11.9 Å². The van der Waals surface area contributed by atoms with Crippen molar-refractivity contribution in [1.29, 1.82) is 0 Å². The predicted molar refractivity (Wildman–Crippen MR) is 185 cm³/mol. The van der Waals surface area contributed by atoms with Crippen LogP contribution >= 0.6 is 0 Å². The van der Waals surface area contributed by atoms with Crippen LogP contribution in [0.15, 0.2) is 96.2 Å². The molecule has 0 atom stereocenters. The van der Waals surface area contributed by atoms with E-state index in [-0.39, 0.29) is 28.6 Å². The number of halogens is 1. The summed E-state index contributed by atoms with van der Waals surface area (Å²) >= 11 is 0. The Balaban J connectivity index is 1.28. The summed E-state index contributed by atoms with van der Waals surface area (Å²) in [6.45, 7) is 4.16. The van der Waals surface area contributed by atoms with Crippen molar-refractivity contribution >= 4 is 11.6 Å². The first-order valence-electron chi connectivity index (χ1n) is 15.8. The first kappa shape index (κ1) is 32.7. The lowest BCUT2D eigenvalue weighted by atomic mass is 9.82. The van der Waals surface area contributed by atoms with Crippen molar-refractivity contribution in [3.05, 3.63) is 119 Å². The molecule has 0 unspecified atom stereocenters. The summed E-state index contributed by atoms with van der Waals surface area (Å²) in [6, 6.07) is 20.9. The molecule has 48 heavy (non-hydrogen) atoms. The van der Waals surface area contributed by atoms with Crippen molar-refractivity contribution in [2.24, 2.45) is 5.41 Å². The van der Waals surface area contributed by atoms with Gasteiger partial charge in [0, 0.05) is 61.5 Å². The average Bonchev–Trinajstić information content (AvgIpc) is 3.10. The molecule has 1 saturated heterocycles. The summed E-state index contributed by atoms with van der Waals surface area (Å²) in [5, 5.41) is 0. The Hall–Kier alpha value is -5.28. The van der Waals surface area contributed by atoms with E-state index in [0.29, 0.717) is 48.2 Å². The van der Waals surface area contributed by atoms with Gasteiger partial charge in [0.05, 0.1) is 19.8 Å². The van der Waals surface area contributed by atoms with Crippen LogP contribution in [-0.4, -0.2) is 42.8 Å². The van der Waals surface area contributed by atoms with Crippen molar-refractivity contribution in [3.8, 4) is 44.9 Å². The fourth-order valence-corrected chi connectivity index (χ4v) is 6.18. The van der Waals surface area contributed by atoms with Crippen molar-refractivity contribution < 1.29 is 23.4 Å². The maximum atomic E-state index is 13.8. The lowest BCUT2D eigenvalue weighted by Crippen LogP contribution is -2.32. The quantitative estimate of drug-likeness (QED) is 0.160. The minimum atomic E-state index is -0.394. The molecule has 0 aliphatic carbocycles. The molecule has 2 N–H and O–H groups in total. The molecule has 3 aromatic carbocycles. The lowest BCUT2D eigenvalue weighted by Gasteiger charge is -2.34. The van der Waals surface area contributed by atoms with Crippen LogP contribution in [0.3, 0.4) is 0 Å². The highest BCUT2D eigenvalue weighted by atomic mass is 19.1. The maximum Gasteiger partial charge on any atom is 0.200 e. The molecule has 1 aliphatic heterocycles. The summed E-state index contributed by atoms with van der Waals surface area (Å²) in [5.74, 6) is 0.924. The first-order valence-corrected chi connectivity index (χ1v) is 15.8. The topological polar surface area (TPSA) is 106 Å². The molecular formula is C39H38FN3O5. The monoisotopic (exact) mass is 647 g/mol. The zero-order valence-corrected chi connectivity index (χ0v) is 27.3. The van der Waals surface area contributed by atoms with Gasteiger partial charge in [-0.05, 0) is 70.8 Å². The van der Waals surface area contributed by atoms with Crippen molar-refractivity contribution in [2.75, 3.05) is 33.2 Å². The summed E-state index contributed by atoms with van der Waals surface area (Å²) in [4.78, 5) is 31.9. The van der Waals surface area contributed by atoms with Gasteiger partial charge in [0.15, 0.2) is 22.7 Å². The number of benzene rings is 3. The summed E-state index contributed by atoms with van der Waals surface area (Å²) < 4.78 is 32.1. The van der Waals surface area contributed by atoms with E-state index < -0.39 is 5.82 Å². The van der Waals surface area contributed by atoms with Crippen LogP contribution in [0.2, 0.25) is 0 Å². The van der Waals surface area contributed by atoms with E-state index >= 15 is 0 Å². The van der Waals surface area contributed by atoms with Gasteiger partial charge in [-0.3, -0.25) is 9.59 Å². The molecule has 1 aliphatic rings. The highest BCUT2D eigenvalue weighted by Gasteiger charge is 2.28. The van der Waals surface area contributed by atoms with Gasteiger partial charge in [0.25, 0.3) is 0 Å². The first-order chi connectivity index (χ1) is 23.2. The van der Waals surface area contributed by atoms with Crippen LogP contribution in [0.4, 0.5) is 10.2 Å². The van der Waals surface area contributed by atoms with Gasteiger partial charge < -0.3 is 24.5 Å². The molecular weight excluding hydrogens is 609 g/mol. The zero-order valence-electron chi connectivity index (χ0n) is 27.3. The van der Waals surface area contributed by atoms with E-state index in [4.69, 9.17) is 19.9 Å². The Kier molecular flexibility index (Phi) is 9.41. The Bertz CT molecular complexity index is 2000. The number of ketones is 1. The smallest absolute Gasteiger partial charge is 0.200 e. The zero-order chi connectivity index (χ0) is 33.8. The molecule has 1 fully saturated rings. The maximum absolute atomic E-state index is 13.8. The number of nitrogen functional groups attached to an aromatic ring is 1. The van der Waals surface area contributed by atoms with Gasteiger partial charge in [-0.15, -0.1) is 0 Å². The normalized spacial score (nSPS) is 14.0. The molecule has 0 saturated carbocycles. The highest BCUT2D eigenvalue weighted by molar-refractivity contribution is 5.98. The molecule has 5 aromatic rings. The third-order valence-electron chi connectivity index (χ3n) is 9.06. The average molecular weight is 648 g/mol. The number of carbonyl (C=O) groups is 1. The van der Waals surface area contributed by atoms with E-state index in [1.807, 2.05) is 53.1 Å². The minimum absolute atomic E-state index is 0.0346. The number of aromatic nitrogens is 2. The fraction of sp³-hybridized carbons (Fsp3) is 0.256. The number of nitrogens with two attached hydrogens (primary N) is 1. The minimum Gasteiger partial charge on any atom is -0.493 e. The number of hydrogen-bond donors (Lipinski definition) is 1. The number of ether oxygens (including phenoxy) is 3. The van der Waals surface area contributed by atoms with Crippen LogP contribution in [0, 0.1) is 11.2 Å². The molecule has 2 aromatic heterocycles. The third-order valence-corrected chi connectivity index (χ3v) is 9.06. The highest BCUT2D eigenvalue weighted by Crippen LogP contribution is 2.35. The molecule has 6 rings (SSSR count). The number of rotatable bonds is 10. The third kappa shape index (κ3) is 7.01. The van der Waals surface area contributed by atoms with Crippen LogP contribution in [0.25, 0.3) is 33.4 Å². The van der Waals surface area contributed by atoms with Crippen molar-refractivity contribution in [1.82, 2.24) is 9.55 Å². The molecule has 9 heteroatoms. The van der Waals surface area contributed by atoms with E-state index in [1.165, 1.54) is 12.1 Å². The second-order valence-corrected chi connectivity index (χ2v) is 12.5. The van der Waals surface area contributed by atoms with Gasteiger partial charge in [-0.2, -0.15) is 0 Å². The molecule has 3 heterocycles. The molecule has 0 bridgehead atoms. The largest absolute Gasteiger partial charge is 0.493 e. The summed E-state index contributed by atoms with van der Waals surface area (Å²) in [7, 11) is 3.18. The molecule has 0 amide bonds. The van der Waals surface area contributed by atoms with Gasteiger partial charge in [0.1, 0.15) is 11.6 Å². The summed E-state index contributed by atoms with van der Waals surface area (Å²) in [6.07, 6.45) is 6.93. The molecule has 8 nitrogen and oxygen atoms in total. The number of Topliss-reactive ketones (excluding diaryl/α,β-unsaturated/α-hetero) is 1. The van der Waals surface area contributed by atoms with Crippen LogP contribution < -0.4 is 20.6 Å². The second-order valence-electron chi connectivity index (χ2n) is 12.5. The number of nitrogens with zero attached hydrogens (tertiary/aromatic N) is 2. The Morgan fingerprint density at radius 1 is 0.875 bits per heavy atom. The second kappa shape index (κ2) is 13.8. The van der Waals surface area contributed by atoms with Crippen LogP contribution in [0.1, 0.15) is 35.7 Å². The number of anilines is 1. The Morgan fingerprint density at radius 2 is 1.52 bits per heavy atom. The van der Waals surface area contributed by atoms with E-state index in [0.717, 1.165) is 40.7 Å². The predicted octanol–water partition coefficient (Wildman–Crippen LogP) is 7.22. The lowest BCUT2D eigenvalue weighted by molar-refractivity contribution is 0.0154. The fourth-order valence-electron chi connectivity index (χ4n) is 6.18. The van der Waals surface area contributed by atoms with Crippen molar-refractivity contribution in [3.63, 3.8) is 0 Å². The number of hydrogen-bond acceptors (Lipinski definition) is 7. The number of methoxy groups -OCH3 is 2.